The Labute approximate surface area is 111 Å². The molecule has 0 bridgehead atoms. The second-order valence-electron chi connectivity index (χ2n) is 4.36. The third kappa shape index (κ3) is 3.20. The number of nitrogens with zero attached hydrogens (tertiary/aromatic N) is 1. The molecular weight excluding hydrogens is 242 g/mol. The number of hydrogen-bond acceptors (Lipinski definition) is 4. The highest BCUT2D eigenvalue weighted by Gasteiger charge is 2.16. The van der Waals surface area contributed by atoms with Gasteiger partial charge < -0.3 is 15.5 Å². The normalized spacial score (nSPS) is 12.2. The minimum Gasteiger partial charge on any atom is -0.444 e. The molecule has 0 aliphatic heterocycles. The second kappa shape index (κ2) is 5.67. The molecule has 1 atom stereocenters. The summed E-state index contributed by atoms with van der Waals surface area (Å²) < 4.78 is 5.38. The van der Waals surface area contributed by atoms with Crippen LogP contribution in [-0.2, 0) is 11.3 Å². The number of benzene rings is 1. The first-order valence-corrected chi connectivity index (χ1v) is 6.09. The van der Waals surface area contributed by atoms with Gasteiger partial charge in [-0.25, -0.2) is 4.98 Å². The molecule has 0 saturated carbocycles. The quantitative estimate of drug-likeness (QED) is 0.874. The predicted molar refractivity (Wildman–Crippen MR) is 71.2 cm³/mol. The smallest absolute Gasteiger partial charge is 0.241 e. The molecule has 5 heteroatoms. The van der Waals surface area contributed by atoms with Gasteiger partial charge in [-0.05, 0) is 19.4 Å². The summed E-state index contributed by atoms with van der Waals surface area (Å²) in [4.78, 5) is 16.1. The molecule has 0 aliphatic rings. The fraction of sp³-hybridized carbons (Fsp3) is 0.286. The van der Waals surface area contributed by atoms with E-state index < -0.39 is 6.04 Å². The van der Waals surface area contributed by atoms with Crippen LogP contribution in [0.15, 0.2) is 34.7 Å². The van der Waals surface area contributed by atoms with E-state index in [1.54, 1.807) is 0 Å². The number of rotatable bonds is 4. The van der Waals surface area contributed by atoms with Crippen LogP contribution in [0.5, 0.6) is 0 Å². The van der Waals surface area contributed by atoms with Crippen molar-refractivity contribution in [2.45, 2.75) is 26.4 Å². The highest BCUT2D eigenvalue weighted by molar-refractivity contribution is 5.82. The van der Waals surface area contributed by atoms with Gasteiger partial charge in [0.1, 0.15) is 11.8 Å². The number of carbonyl (C=O) groups excluding carboxylic acids is 1. The molecule has 0 fully saturated rings. The number of oxazole rings is 1. The van der Waals surface area contributed by atoms with E-state index in [1.165, 1.54) is 0 Å². The number of aryl methyl sites for hydroxylation is 2. The SMILES string of the molecule is Cc1nc(CNC(=O)C(N)c2ccccc2)oc1C. The van der Waals surface area contributed by atoms with E-state index in [4.69, 9.17) is 10.2 Å². The molecule has 1 amide bonds. The number of hydrogen-bond donors (Lipinski definition) is 2. The summed E-state index contributed by atoms with van der Waals surface area (Å²) >= 11 is 0. The third-order valence-electron chi connectivity index (χ3n) is 2.93. The number of nitrogens with one attached hydrogen (secondary N) is 1. The van der Waals surface area contributed by atoms with E-state index in [1.807, 2.05) is 44.2 Å². The van der Waals surface area contributed by atoms with E-state index in [0.717, 1.165) is 17.0 Å². The average Bonchev–Trinajstić information content (AvgIpc) is 2.75. The molecule has 1 unspecified atom stereocenters. The van der Waals surface area contributed by atoms with E-state index in [2.05, 4.69) is 10.3 Å². The standard InChI is InChI=1S/C14H17N3O2/c1-9-10(2)19-12(17-9)8-16-14(18)13(15)11-6-4-3-5-7-11/h3-7,13H,8,15H2,1-2H3,(H,16,18). The first kappa shape index (κ1) is 13.3. The zero-order chi connectivity index (χ0) is 13.8. The molecule has 1 aromatic heterocycles. The zero-order valence-corrected chi connectivity index (χ0v) is 11.0. The van der Waals surface area contributed by atoms with Gasteiger partial charge in [0.25, 0.3) is 0 Å². The van der Waals surface area contributed by atoms with Gasteiger partial charge in [-0.3, -0.25) is 4.79 Å². The lowest BCUT2D eigenvalue weighted by Crippen LogP contribution is -2.33. The van der Waals surface area contributed by atoms with Gasteiger partial charge in [0, 0.05) is 0 Å². The van der Waals surface area contributed by atoms with E-state index >= 15 is 0 Å². The van der Waals surface area contributed by atoms with Crippen LogP contribution in [0.3, 0.4) is 0 Å². The van der Waals surface area contributed by atoms with Crippen LogP contribution >= 0.6 is 0 Å². The van der Waals surface area contributed by atoms with Crippen molar-refractivity contribution in [3.63, 3.8) is 0 Å². The zero-order valence-electron chi connectivity index (χ0n) is 11.0. The lowest BCUT2D eigenvalue weighted by Gasteiger charge is -2.11. The molecule has 0 spiro atoms. The molecule has 2 aromatic rings. The van der Waals surface area contributed by atoms with Crippen molar-refractivity contribution in [1.29, 1.82) is 0 Å². The van der Waals surface area contributed by atoms with Crippen LogP contribution in [0, 0.1) is 13.8 Å². The average molecular weight is 259 g/mol. The highest BCUT2D eigenvalue weighted by Crippen LogP contribution is 2.11. The van der Waals surface area contributed by atoms with Crippen molar-refractivity contribution in [2.24, 2.45) is 5.73 Å². The minimum atomic E-state index is -0.682. The van der Waals surface area contributed by atoms with Crippen LogP contribution in [0.1, 0.15) is 29.0 Å². The Kier molecular flexibility index (Phi) is 3.97. The first-order valence-electron chi connectivity index (χ1n) is 6.09. The molecule has 1 heterocycles. The molecule has 100 valence electrons. The number of carbonyl (C=O) groups is 1. The van der Waals surface area contributed by atoms with Crippen molar-refractivity contribution in [1.82, 2.24) is 10.3 Å². The predicted octanol–water partition coefficient (Wildman–Crippen LogP) is 1.61. The monoisotopic (exact) mass is 259 g/mol. The fourth-order valence-corrected chi connectivity index (χ4v) is 1.70. The summed E-state index contributed by atoms with van der Waals surface area (Å²) in [5.41, 5.74) is 7.48. The van der Waals surface area contributed by atoms with Crippen molar-refractivity contribution in [3.8, 4) is 0 Å². The Balaban J connectivity index is 1.94. The third-order valence-corrected chi connectivity index (χ3v) is 2.93. The van der Waals surface area contributed by atoms with Gasteiger partial charge in [0.2, 0.25) is 11.8 Å². The maximum absolute atomic E-state index is 11.9. The Morgan fingerprint density at radius 1 is 1.37 bits per heavy atom. The highest BCUT2D eigenvalue weighted by atomic mass is 16.4. The Morgan fingerprint density at radius 3 is 2.63 bits per heavy atom. The minimum absolute atomic E-state index is 0.244. The molecule has 1 aromatic carbocycles. The van der Waals surface area contributed by atoms with Crippen LogP contribution in [0.2, 0.25) is 0 Å². The summed E-state index contributed by atoms with van der Waals surface area (Å²) in [5, 5.41) is 2.72. The van der Waals surface area contributed by atoms with E-state index in [-0.39, 0.29) is 12.5 Å². The molecule has 0 aliphatic carbocycles. The molecule has 3 N–H and O–H groups in total. The van der Waals surface area contributed by atoms with Crippen LogP contribution in [-0.4, -0.2) is 10.9 Å². The summed E-state index contributed by atoms with van der Waals surface area (Å²) in [5.74, 6) is 1.000. The maximum atomic E-state index is 11.9. The van der Waals surface area contributed by atoms with Crippen molar-refractivity contribution in [3.05, 3.63) is 53.2 Å². The molecule has 0 saturated heterocycles. The number of nitrogens with two attached hydrogens (primary N) is 1. The first-order chi connectivity index (χ1) is 9.08. The molecule has 0 radical (unpaired) electrons. The van der Waals surface area contributed by atoms with Crippen molar-refractivity contribution < 1.29 is 9.21 Å². The van der Waals surface area contributed by atoms with Gasteiger partial charge in [0.15, 0.2) is 0 Å². The molecule has 5 nitrogen and oxygen atoms in total. The van der Waals surface area contributed by atoms with Crippen LogP contribution < -0.4 is 11.1 Å². The van der Waals surface area contributed by atoms with Gasteiger partial charge in [-0.2, -0.15) is 0 Å². The van der Waals surface area contributed by atoms with Crippen molar-refractivity contribution >= 4 is 5.91 Å². The molecular formula is C14H17N3O2. The van der Waals surface area contributed by atoms with E-state index in [9.17, 15) is 4.79 Å². The van der Waals surface area contributed by atoms with Crippen molar-refractivity contribution in [2.75, 3.05) is 0 Å². The van der Waals surface area contributed by atoms with Crippen LogP contribution in [0.25, 0.3) is 0 Å². The van der Waals surface area contributed by atoms with E-state index in [0.29, 0.717) is 5.89 Å². The van der Waals surface area contributed by atoms with Gasteiger partial charge in [-0.15, -0.1) is 0 Å². The fourth-order valence-electron chi connectivity index (χ4n) is 1.70. The van der Waals surface area contributed by atoms with Gasteiger partial charge >= 0.3 is 0 Å². The van der Waals surface area contributed by atoms with Crippen LogP contribution in [0.4, 0.5) is 0 Å². The summed E-state index contributed by atoms with van der Waals surface area (Å²) in [6.45, 7) is 3.94. The Hall–Kier alpha value is -2.14. The lowest BCUT2D eigenvalue weighted by molar-refractivity contribution is -0.122. The van der Waals surface area contributed by atoms with Gasteiger partial charge in [-0.1, -0.05) is 30.3 Å². The summed E-state index contributed by atoms with van der Waals surface area (Å²) in [6.07, 6.45) is 0. The lowest BCUT2D eigenvalue weighted by atomic mass is 10.1. The Morgan fingerprint density at radius 2 is 2.05 bits per heavy atom. The summed E-state index contributed by atoms with van der Waals surface area (Å²) in [7, 11) is 0. The number of amides is 1. The van der Waals surface area contributed by atoms with Gasteiger partial charge in [0.05, 0.1) is 12.2 Å². The Bertz CT molecular complexity index is 544. The number of aromatic nitrogens is 1. The second-order valence-corrected chi connectivity index (χ2v) is 4.36. The largest absolute Gasteiger partial charge is 0.444 e. The topological polar surface area (TPSA) is 81.2 Å². The maximum Gasteiger partial charge on any atom is 0.241 e. The molecule has 2 rings (SSSR count). The summed E-state index contributed by atoms with van der Waals surface area (Å²) in [6, 6.07) is 8.55. The molecule has 19 heavy (non-hydrogen) atoms.